The predicted octanol–water partition coefficient (Wildman–Crippen LogP) is 0.0502. The summed E-state index contributed by atoms with van der Waals surface area (Å²) in [6.45, 7) is -0.178. The molecule has 0 fully saturated rings. The molecule has 1 atom stereocenters. The summed E-state index contributed by atoms with van der Waals surface area (Å²) in [4.78, 5) is 0. The van der Waals surface area contributed by atoms with Gasteiger partial charge in [0.05, 0.1) is 18.9 Å². The van der Waals surface area contributed by atoms with E-state index in [0.29, 0.717) is 11.3 Å². The van der Waals surface area contributed by atoms with Crippen molar-refractivity contribution in [1.82, 2.24) is 0 Å². The van der Waals surface area contributed by atoms with Crippen LogP contribution in [0.5, 0.6) is 0 Å². The van der Waals surface area contributed by atoms with Gasteiger partial charge in [-0.25, -0.2) is 8.42 Å². The van der Waals surface area contributed by atoms with E-state index >= 15 is 0 Å². The average Bonchev–Trinajstić information content (AvgIpc) is 2.14. The van der Waals surface area contributed by atoms with Gasteiger partial charge < -0.3 is 10.8 Å². The molecule has 0 heterocycles. The maximum Gasteiger partial charge on any atom is 0.229 e. The van der Waals surface area contributed by atoms with Crippen molar-refractivity contribution in [3.8, 4) is 0 Å². The smallest absolute Gasteiger partial charge is 0.229 e. The summed E-state index contributed by atoms with van der Waals surface area (Å²) < 4.78 is 24.3. The standard InChI is InChI=1S/C9H14N2O3S/c1-15(13,14)11-8-4-2-3-7(5-8)9(10)6-12/h2-5,9,11-12H,6,10H2,1H3. The minimum atomic E-state index is -3.28. The summed E-state index contributed by atoms with van der Waals surface area (Å²) in [5.41, 5.74) is 6.73. The third-order valence-electron chi connectivity index (χ3n) is 1.81. The van der Waals surface area contributed by atoms with Crippen molar-refractivity contribution in [2.75, 3.05) is 17.6 Å². The summed E-state index contributed by atoms with van der Waals surface area (Å²) in [6, 6.07) is 6.13. The Morgan fingerprint density at radius 3 is 2.73 bits per heavy atom. The average molecular weight is 230 g/mol. The van der Waals surface area contributed by atoms with Crippen LogP contribution in [0, 0.1) is 0 Å². The first-order valence-electron chi connectivity index (χ1n) is 4.36. The zero-order chi connectivity index (χ0) is 11.5. The number of aliphatic hydroxyl groups excluding tert-OH is 1. The molecule has 1 aromatic rings. The molecule has 0 aliphatic carbocycles. The molecule has 15 heavy (non-hydrogen) atoms. The highest BCUT2D eigenvalue weighted by Crippen LogP contribution is 2.16. The topological polar surface area (TPSA) is 92.4 Å². The molecular weight excluding hydrogens is 216 g/mol. The molecule has 0 saturated carbocycles. The second-order valence-corrected chi connectivity index (χ2v) is 5.04. The summed E-state index contributed by atoms with van der Waals surface area (Å²) in [5.74, 6) is 0. The largest absolute Gasteiger partial charge is 0.394 e. The summed E-state index contributed by atoms with van der Waals surface area (Å²) >= 11 is 0. The monoisotopic (exact) mass is 230 g/mol. The molecule has 0 bridgehead atoms. The van der Waals surface area contributed by atoms with Crippen LogP contribution in [0.2, 0.25) is 0 Å². The number of hydrogen-bond donors (Lipinski definition) is 3. The Labute approximate surface area is 89.0 Å². The fraction of sp³-hybridized carbons (Fsp3) is 0.333. The molecular formula is C9H14N2O3S. The van der Waals surface area contributed by atoms with E-state index in [2.05, 4.69) is 4.72 Å². The van der Waals surface area contributed by atoms with Crippen LogP contribution in [0.3, 0.4) is 0 Å². The minimum absolute atomic E-state index is 0.178. The molecule has 0 amide bonds. The van der Waals surface area contributed by atoms with Gasteiger partial charge in [0, 0.05) is 5.69 Å². The van der Waals surface area contributed by atoms with Crippen molar-refractivity contribution in [2.24, 2.45) is 5.73 Å². The fourth-order valence-corrected chi connectivity index (χ4v) is 1.71. The number of aliphatic hydroxyl groups is 1. The van der Waals surface area contributed by atoms with Crippen molar-refractivity contribution >= 4 is 15.7 Å². The number of rotatable bonds is 4. The Hall–Kier alpha value is -1.11. The molecule has 0 radical (unpaired) electrons. The van der Waals surface area contributed by atoms with Gasteiger partial charge in [-0.3, -0.25) is 4.72 Å². The molecule has 6 heteroatoms. The van der Waals surface area contributed by atoms with Crippen molar-refractivity contribution < 1.29 is 13.5 Å². The van der Waals surface area contributed by atoms with Crippen LogP contribution in [0.4, 0.5) is 5.69 Å². The molecule has 1 aromatic carbocycles. The zero-order valence-electron chi connectivity index (χ0n) is 8.34. The van der Waals surface area contributed by atoms with E-state index in [1.54, 1.807) is 24.3 Å². The first kappa shape index (κ1) is 12.0. The SMILES string of the molecule is CS(=O)(=O)Nc1cccc(C(N)CO)c1. The highest BCUT2D eigenvalue weighted by Gasteiger charge is 2.06. The van der Waals surface area contributed by atoms with Gasteiger partial charge in [-0.1, -0.05) is 12.1 Å². The number of benzene rings is 1. The molecule has 0 saturated heterocycles. The molecule has 5 nitrogen and oxygen atoms in total. The zero-order valence-corrected chi connectivity index (χ0v) is 9.16. The summed E-state index contributed by atoms with van der Waals surface area (Å²) in [6.07, 6.45) is 1.08. The van der Waals surface area contributed by atoms with E-state index in [4.69, 9.17) is 10.8 Å². The number of nitrogens with one attached hydrogen (secondary N) is 1. The second-order valence-electron chi connectivity index (χ2n) is 3.29. The first-order chi connectivity index (χ1) is 6.92. The Morgan fingerprint density at radius 1 is 1.53 bits per heavy atom. The van der Waals surface area contributed by atoms with Crippen LogP contribution in [-0.2, 0) is 10.0 Å². The fourth-order valence-electron chi connectivity index (χ4n) is 1.15. The molecule has 1 unspecified atom stereocenters. The number of hydrogen-bond acceptors (Lipinski definition) is 4. The van der Waals surface area contributed by atoms with Crippen LogP contribution in [0.15, 0.2) is 24.3 Å². The Kier molecular flexibility index (Phi) is 3.67. The van der Waals surface area contributed by atoms with E-state index in [1.165, 1.54) is 0 Å². The molecule has 84 valence electrons. The number of anilines is 1. The van der Waals surface area contributed by atoms with Crippen molar-refractivity contribution in [3.05, 3.63) is 29.8 Å². The maximum absolute atomic E-state index is 11.0. The maximum atomic E-state index is 11.0. The molecule has 1 rings (SSSR count). The highest BCUT2D eigenvalue weighted by atomic mass is 32.2. The van der Waals surface area contributed by atoms with Gasteiger partial charge in [0.1, 0.15) is 0 Å². The number of sulfonamides is 1. The predicted molar refractivity (Wildman–Crippen MR) is 58.9 cm³/mol. The molecule has 0 aliphatic heterocycles. The van der Waals surface area contributed by atoms with E-state index in [-0.39, 0.29) is 6.61 Å². The van der Waals surface area contributed by atoms with Crippen LogP contribution >= 0.6 is 0 Å². The molecule has 0 spiro atoms. The van der Waals surface area contributed by atoms with E-state index in [0.717, 1.165) is 6.26 Å². The highest BCUT2D eigenvalue weighted by molar-refractivity contribution is 7.92. The Bertz CT molecular complexity index is 431. The van der Waals surface area contributed by atoms with Crippen molar-refractivity contribution in [2.45, 2.75) is 6.04 Å². The van der Waals surface area contributed by atoms with E-state index in [1.807, 2.05) is 0 Å². The van der Waals surface area contributed by atoms with Crippen molar-refractivity contribution in [1.29, 1.82) is 0 Å². The summed E-state index contributed by atoms with van der Waals surface area (Å²) in [7, 11) is -3.28. The minimum Gasteiger partial charge on any atom is -0.394 e. The molecule has 0 aliphatic rings. The van der Waals surface area contributed by atoms with Crippen LogP contribution < -0.4 is 10.5 Å². The van der Waals surface area contributed by atoms with Crippen LogP contribution in [0.25, 0.3) is 0 Å². The number of nitrogens with two attached hydrogens (primary N) is 1. The normalized spacial score (nSPS) is 13.5. The van der Waals surface area contributed by atoms with Crippen LogP contribution in [-0.4, -0.2) is 26.4 Å². The van der Waals surface area contributed by atoms with Gasteiger partial charge in [0.25, 0.3) is 0 Å². The third-order valence-corrected chi connectivity index (χ3v) is 2.42. The van der Waals surface area contributed by atoms with Gasteiger partial charge in [-0.2, -0.15) is 0 Å². The van der Waals surface area contributed by atoms with Gasteiger partial charge in [0.15, 0.2) is 0 Å². The first-order valence-corrected chi connectivity index (χ1v) is 6.25. The van der Waals surface area contributed by atoms with Gasteiger partial charge in [-0.15, -0.1) is 0 Å². The lowest BCUT2D eigenvalue weighted by molar-refractivity contribution is 0.268. The summed E-state index contributed by atoms with van der Waals surface area (Å²) in [5, 5.41) is 8.85. The lowest BCUT2D eigenvalue weighted by Gasteiger charge is -2.10. The lowest BCUT2D eigenvalue weighted by Crippen LogP contribution is -2.15. The molecule has 0 aromatic heterocycles. The van der Waals surface area contributed by atoms with Gasteiger partial charge in [0.2, 0.25) is 10.0 Å². The second kappa shape index (κ2) is 4.61. The Balaban J connectivity index is 2.93. The quantitative estimate of drug-likeness (QED) is 0.681. The van der Waals surface area contributed by atoms with E-state index < -0.39 is 16.1 Å². The lowest BCUT2D eigenvalue weighted by atomic mass is 10.1. The van der Waals surface area contributed by atoms with Crippen molar-refractivity contribution in [3.63, 3.8) is 0 Å². The molecule has 4 N–H and O–H groups in total. The van der Waals surface area contributed by atoms with Crippen LogP contribution in [0.1, 0.15) is 11.6 Å². The van der Waals surface area contributed by atoms with Gasteiger partial charge in [-0.05, 0) is 17.7 Å². The third kappa shape index (κ3) is 3.86. The Morgan fingerprint density at radius 2 is 2.20 bits per heavy atom. The van der Waals surface area contributed by atoms with Gasteiger partial charge >= 0.3 is 0 Å². The van der Waals surface area contributed by atoms with E-state index in [9.17, 15) is 8.42 Å².